The van der Waals surface area contributed by atoms with E-state index < -0.39 is 0 Å². The number of anilines is 1. The molecule has 0 radical (unpaired) electrons. The van der Waals surface area contributed by atoms with Crippen LogP contribution < -0.4 is 5.73 Å². The third-order valence-electron chi connectivity index (χ3n) is 3.31. The summed E-state index contributed by atoms with van der Waals surface area (Å²) in [6.45, 7) is 11.0. The molecule has 0 saturated carbocycles. The Kier molecular flexibility index (Phi) is 10.9. The number of benzene rings is 2. The highest BCUT2D eigenvalue weighted by molar-refractivity contribution is 9.10. The van der Waals surface area contributed by atoms with Crippen LogP contribution in [-0.4, -0.2) is 0 Å². The van der Waals surface area contributed by atoms with E-state index in [-0.39, 0.29) is 20.3 Å². The van der Waals surface area contributed by atoms with Gasteiger partial charge in [0.1, 0.15) is 0 Å². The Hall–Kier alpha value is -1.28. The number of nitrogens with two attached hydrogens (primary N) is 1. The predicted molar refractivity (Wildman–Crippen MR) is 111 cm³/mol. The number of hydrogen-bond donors (Lipinski definition) is 1. The van der Waals surface area contributed by atoms with Gasteiger partial charge < -0.3 is 5.73 Å². The summed E-state index contributed by atoms with van der Waals surface area (Å²) in [6.07, 6.45) is 0. The largest absolute Gasteiger partial charge is 0.399 e. The molecule has 130 valence electrons. The first-order valence-electron chi connectivity index (χ1n) is 7.31. The molecule has 1 nitrogen and oxygen atoms in total. The van der Waals surface area contributed by atoms with E-state index in [9.17, 15) is 0 Å². The quantitative estimate of drug-likeness (QED) is 0.512. The lowest BCUT2D eigenvalue weighted by Crippen LogP contribution is -2.10. The van der Waals surface area contributed by atoms with Crippen LogP contribution in [0.3, 0.4) is 0 Å². The van der Waals surface area contributed by atoms with Crippen LogP contribution in [0.15, 0.2) is 53.0 Å². The third-order valence-corrected chi connectivity index (χ3v) is 3.84. The van der Waals surface area contributed by atoms with Crippen LogP contribution in [0.25, 0.3) is 0 Å². The van der Waals surface area contributed by atoms with Crippen LogP contribution in [0.5, 0.6) is 0 Å². The fourth-order valence-electron chi connectivity index (χ4n) is 1.83. The summed E-state index contributed by atoms with van der Waals surface area (Å²) in [5.41, 5.74) is 9.35. The summed E-state index contributed by atoms with van der Waals surface area (Å²) < 4.78 is 1.14. The summed E-state index contributed by atoms with van der Waals surface area (Å²) >= 11 is 3.41. The van der Waals surface area contributed by atoms with E-state index in [1.165, 1.54) is 11.1 Å². The standard InChI is InChI=1S/C10H13Br.C9H13N.2CH4/c1-10(2,3)8-4-6-9(11)7-5-8;1-7(2)8-3-5-9(10)6-4-8;;/h4-7H,1-3H3;3-7H,10H2,1-2H3;2*1H4. The molecule has 0 bridgehead atoms. The molecule has 2 heteroatoms. The lowest BCUT2D eigenvalue weighted by Gasteiger charge is -2.18. The van der Waals surface area contributed by atoms with Gasteiger partial charge >= 0.3 is 0 Å². The molecule has 0 atom stereocenters. The fraction of sp³-hybridized carbons (Fsp3) is 0.429. The van der Waals surface area contributed by atoms with Crippen molar-refractivity contribution in [1.82, 2.24) is 0 Å². The average Bonchev–Trinajstić information content (AvgIpc) is 2.39. The van der Waals surface area contributed by atoms with Crippen molar-refractivity contribution in [3.63, 3.8) is 0 Å². The van der Waals surface area contributed by atoms with Crippen LogP contribution in [0, 0.1) is 0 Å². The topological polar surface area (TPSA) is 26.0 Å². The van der Waals surface area contributed by atoms with Crippen molar-refractivity contribution < 1.29 is 0 Å². The SMILES string of the molecule is C.C.CC(C)(C)c1ccc(Br)cc1.CC(C)c1ccc(N)cc1. The van der Waals surface area contributed by atoms with Gasteiger partial charge in [-0.1, -0.05) is 89.7 Å². The first-order valence-corrected chi connectivity index (χ1v) is 8.11. The molecule has 0 aliphatic rings. The van der Waals surface area contributed by atoms with E-state index in [0.717, 1.165) is 10.2 Å². The van der Waals surface area contributed by atoms with Crippen LogP contribution in [0.1, 0.15) is 66.5 Å². The van der Waals surface area contributed by atoms with Crippen LogP contribution in [0.2, 0.25) is 0 Å². The third kappa shape index (κ3) is 8.80. The highest BCUT2D eigenvalue weighted by atomic mass is 79.9. The Morgan fingerprint density at radius 2 is 1.26 bits per heavy atom. The lowest BCUT2D eigenvalue weighted by atomic mass is 9.87. The Balaban J connectivity index is 0. The fourth-order valence-corrected chi connectivity index (χ4v) is 2.10. The van der Waals surface area contributed by atoms with E-state index in [1.807, 2.05) is 12.1 Å². The molecular weight excluding hydrogens is 346 g/mol. The van der Waals surface area contributed by atoms with Crippen LogP contribution in [-0.2, 0) is 5.41 Å². The Bertz CT molecular complexity index is 534. The summed E-state index contributed by atoms with van der Waals surface area (Å²) in [7, 11) is 0. The number of halogens is 1. The van der Waals surface area contributed by atoms with E-state index >= 15 is 0 Å². The van der Waals surface area contributed by atoms with Crippen LogP contribution >= 0.6 is 15.9 Å². The molecule has 0 saturated heterocycles. The van der Waals surface area contributed by atoms with E-state index in [2.05, 4.69) is 86.9 Å². The Morgan fingerprint density at radius 3 is 1.61 bits per heavy atom. The van der Waals surface area contributed by atoms with Gasteiger partial charge in [0, 0.05) is 10.2 Å². The van der Waals surface area contributed by atoms with Gasteiger partial charge in [-0.15, -0.1) is 0 Å². The molecular formula is C21H34BrN. The maximum atomic E-state index is 5.53. The molecule has 2 aromatic carbocycles. The minimum atomic E-state index is 0. The smallest absolute Gasteiger partial charge is 0.0314 e. The second kappa shape index (κ2) is 10.5. The van der Waals surface area contributed by atoms with Gasteiger partial charge in [-0.3, -0.25) is 0 Å². The zero-order valence-corrected chi connectivity index (χ0v) is 15.2. The maximum absolute atomic E-state index is 5.53. The number of nitrogen functional groups attached to an aromatic ring is 1. The van der Waals surface area contributed by atoms with Crippen molar-refractivity contribution >= 4 is 21.6 Å². The Labute approximate surface area is 152 Å². The minimum absolute atomic E-state index is 0. The maximum Gasteiger partial charge on any atom is 0.0314 e. The molecule has 0 heterocycles. The van der Waals surface area contributed by atoms with Crippen LogP contribution in [0.4, 0.5) is 5.69 Å². The molecule has 0 amide bonds. The van der Waals surface area contributed by atoms with Crippen molar-refractivity contribution in [3.05, 3.63) is 64.1 Å². The molecule has 0 unspecified atom stereocenters. The van der Waals surface area contributed by atoms with Gasteiger partial charge in [0.05, 0.1) is 0 Å². The van der Waals surface area contributed by atoms with Gasteiger partial charge in [0.15, 0.2) is 0 Å². The summed E-state index contributed by atoms with van der Waals surface area (Å²) in [6, 6.07) is 16.5. The van der Waals surface area contributed by atoms with Crippen molar-refractivity contribution in [3.8, 4) is 0 Å². The van der Waals surface area contributed by atoms with Gasteiger partial charge in [0.2, 0.25) is 0 Å². The van der Waals surface area contributed by atoms with Crippen molar-refractivity contribution in [2.75, 3.05) is 5.73 Å². The molecule has 0 aliphatic heterocycles. The van der Waals surface area contributed by atoms with E-state index in [0.29, 0.717) is 5.92 Å². The normalized spacial score (nSPS) is 10.0. The molecule has 2 rings (SSSR count). The lowest BCUT2D eigenvalue weighted by molar-refractivity contribution is 0.590. The molecule has 0 spiro atoms. The molecule has 0 aliphatic carbocycles. The molecule has 0 fully saturated rings. The molecule has 23 heavy (non-hydrogen) atoms. The zero-order chi connectivity index (χ0) is 16.0. The molecule has 0 aromatic heterocycles. The molecule has 2 N–H and O–H groups in total. The van der Waals surface area contributed by atoms with Crippen molar-refractivity contribution in [2.45, 2.75) is 60.8 Å². The predicted octanol–water partition coefficient (Wildman–Crippen LogP) is 7.41. The summed E-state index contributed by atoms with van der Waals surface area (Å²) in [5, 5.41) is 0. The first-order chi connectivity index (χ1) is 9.70. The highest BCUT2D eigenvalue weighted by Crippen LogP contribution is 2.23. The van der Waals surface area contributed by atoms with Gasteiger partial charge in [0.25, 0.3) is 0 Å². The zero-order valence-electron chi connectivity index (χ0n) is 13.7. The first kappa shape index (κ1) is 24.0. The van der Waals surface area contributed by atoms with Gasteiger partial charge in [-0.2, -0.15) is 0 Å². The minimum Gasteiger partial charge on any atom is -0.399 e. The van der Waals surface area contributed by atoms with E-state index in [4.69, 9.17) is 5.73 Å². The molecule has 2 aromatic rings. The number of rotatable bonds is 1. The van der Waals surface area contributed by atoms with Crippen molar-refractivity contribution in [2.24, 2.45) is 0 Å². The second-order valence-electron chi connectivity index (χ2n) is 6.58. The van der Waals surface area contributed by atoms with Gasteiger partial charge in [-0.25, -0.2) is 0 Å². The summed E-state index contributed by atoms with van der Waals surface area (Å²) in [5.74, 6) is 0.598. The average molecular weight is 380 g/mol. The van der Waals surface area contributed by atoms with E-state index in [1.54, 1.807) is 0 Å². The number of hydrogen-bond acceptors (Lipinski definition) is 1. The summed E-state index contributed by atoms with van der Waals surface area (Å²) in [4.78, 5) is 0. The second-order valence-corrected chi connectivity index (χ2v) is 7.49. The monoisotopic (exact) mass is 379 g/mol. The highest BCUT2D eigenvalue weighted by Gasteiger charge is 2.12. The van der Waals surface area contributed by atoms with Gasteiger partial charge in [-0.05, 0) is 46.7 Å². The Morgan fingerprint density at radius 1 is 0.826 bits per heavy atom. The van der Waals surface area contributed by atoms with Crippen molar-refractivity contribution in [1.29, 1.82) is 0 Å².